The van der Waals surface area contributed by atoms with Crippen LogP contribution in [0.25, 0.3) is 0 Å². The van der Waals surface area contributed by atoms with Gasteiger partial charge in [0.2, 0.25) is 0 Å². The highest BCUT2D eigenvalue weighted by Gasteiger charge is 2.06. The minimum Gasteiger partial charge on any atom is -0.384 e. The molecule has 0 aliphatic heterocycles. The summed E-state index contributed by atoms with van der Waals surface area (Å²) in [6.45, 7) is 5.63. The SMILES string of the molecule is CC(C)CNc1ccc(C(=O)NCc2ccncc2)nc1. The third kappa shape index (κ3) is 4.87. The first-order valence-corrected chi connectivity index (χ1v) is 7.02. The van der Waals surface area contributed by atoms with E-state index in [1.54, 1.807) is 24.7 Å². The Kier molecular flexibility index (Phi) is 5.26. The average Bonchev–Trinajstić information content (AvgIpc) is 2.52. The molecule has 2 aromatic heterocycles. The third-order valence-electron chi connectivity index (χ3n) is 2.91. The van der Waals surface area contributed by atoms with Crippen molar-refractivity contribution in [3.63, 3.8) is 0 Å². The molecule has 0 atom stereocenters. The second-order valence-corrected chi connectivity index (χ2v) is 5.25. The van der Waals surface area contributed by atoms with Crippen LogP contribution in [0, 0.1) is 5.92 Å². The summed E-state index contributed by atoms with van der Waals surface area (Å²) in [6.07, 6.45) is 5.09. The zero-order valence-electron chi connectivity index (χ0n) is 12.3. The van der Waals surface area contributed by atoms with Gasteiger partial charge in [0.25, 0.3) is 5.91 Å². The Morgan fingerprint density at radius 1 is 1.19 bits per heavy atom. The fourth-order valence-corrected chi connectivity index (χ4v) is 1.73. The Morgan fingerprint density at radius 3 is 2.57 bits per heavy atom. The lowest BCUT2D eigenvalue weighted by molar-refractivity contribution is 0.0946. The van der Waals surface area contributed by atoms with Gasteiger partial charge in [0.15, 0.2) is 0 Å². The van der Waals surface area contributed by atoms with Crippen LogP contribution in [-0.2, 0) is 6.54 Å². The summed E-state index contributed by atoms with van der Waals surface area (Å²) in [5, 5.41) is 6.10. The number of nitrogens with zero attached hydrogens (tertiary/aromatic N) is 2. The highest BCUT2D eigenvalue weighted by molar-refractivity contribution is 5.92. The van der Waals surface area contributed by atoms with E-state index in [1.165, 1.54) is 0 Å². The van der Waals surface area contributed by atoms with E-state index in [1.807, 2.05) is 18.2 Å². The van der Waals surface area contributed by atoms with Crippen molar-refractivity contribution in [3.8, 4) is 0 Å². The molecule has 2 aromatic rings. The molecule has 0 aromatic carbocycles. The number of carbonyl (C=O) groups excluding carboxylic acids is 1. The Balaban J connectivity index is 1.88. The van der Waals surface area contributed by atoms with E-state index in [9.17, 15) is 4.79 Å². The van der Waals surface area contributed by atoms with Gasteiger partial charge < -0.3 is 10.6 Å². The Morgan fingerprint density at radius 2 is 1.95 bits per heavy atom. The number of rotatable bonds is 6. The van der Waals surface area contributed by atoms with Crippen molar-refractivity contribution in [1.29, 1.82) is 0 Å². The van der Waals surface area contributed by atoms with Crippen LogP contribution in [0.2, 0.25) is 0 Å². The van der Waals surface area contributed by atoms with Crippen LogP contribution in [0.5, 0.6) is 0 Å². The van der Waals surface area contributed by atoms with Gasteiger partial charge in [0.1, 0.15) is 5.69 Å². The summed E-state index contributed by atoms with van der Waals surface area (Å²) in [5.41, 5.74) is 2.35. The smallest absolute Gasteiger partial charge is 0.270 e. The van der Waals surface area contributed by atoms with Crippen molar-refractivity contribution >= 4 is 11.6 Å². The van der Waals surface area contributed by atoms with Crippen LogP contribution in [-0.4, -0.2) is 22.4 Å². The summed E-state index contributed by atoms with van der Waals surface area (Å²) in [6, 6.07) is 7.33. The van der Waals surface area contributed by atoms with Crippen LogP contribution < -0.4 is 10.6 Å². The number of pyridine rings is 2. The van der Waals surface area contributed by atoms with Crippen molar-refractivity contribution in [3.05, 3.63) is 54.1 Å². The molecule has 0 aliphatic carbocycles. The van der Waals surface area contributed by atoms with Gasteiger partial charge in [-0.25, -0.2) is 4.98 Å². The third-order valence-corrected chi connectivity index (χ3v) is 2.91. The fourth-order valence-electron chi connectivity index (χ4n) is 1.73. The van der Waals surface area contributed by atoms with Gasteiger partial charge in [0.05, 0.1) is 11.9 Å². The molecule has 0 saturated heterocycles. The molecule has 5 heteroatoms. The second-order valence-electron chi connectivity index (χ2n) is 5.25. The summed E-state index contributed by atoms with van der Waals surface area (Å²) >= 11 is 0. The van der Waals surface area contributed by atoms with E-state index < -0.39 is 0 Å². The minimum atomic E-state index is -0.178. The molecule has 2 N–H and O–H groups in total. The average molecular weight is 284 g/mol. The number of amides is 1. The monoisotopic (exact) mass is 284 g/mol. The lowest BCUT2D eigenvalue weighted by Crippen LogP contribution is -2.23. The normalized spacial score (nSPS) is 10.4. The molecule has 1 amide bonds. The van der Waals surface area contributed by atoms with Gasteiger partial charge in [-0.05, 0) is 35.7 Å². The molecule has 0 fully saturated rings. The summed E-state index contributed by atoms with van der Waals surface area (Å²) in [5.74, 6) is 0.385. The van der Waals surface area contributed by atoms with Crippen molar-refractivity contribution in [1.82, 2.24) is 15.3 Å². The van der Waals surface area contributed by atoms with E-state index in [4.69, 9.17) is 0 Å². The fraction of sp³-hybridized carbons (Fsp3) is 0.312. The van der Waals surface area contributed by atoms with Crippen LogP contribution >= 0.6 is 0 Å². The summed E-state index contributed by atoms with van der Waals surface area (Å²) < 4.78 is 0. The zero-order chi connectivity index (χ0) is 15.1. The lowest BCUT2D eigenvalue weighted by atomic mass is 10.2. The first-order chi connectivity index (χ1) is 10.1. The highest BCUT2D eigenvalue weighted by Crippen LogP contribution is 2.07. The number of hydrogen-bond acceptors (Lipinski definition) is 4. The zero-order valence-corrected chi connectivity index (χ0v) is 12.3. The highest BCUT2D eigenvalue weighted by atomic mass is 16.1. The van der Waals surface area contributed by atoms with Gasteiger partial charge in [-0.15, -0.1) is 0 Å². The van der Waals surface area contributed by atoms with Crippen molar-refractivity contribution < 1.29 is 4.79 Å². The van der Waals surface area contributed by atoms with Crippen LogP contribution in [0.1, 0.15) is 29.9 Å². The van der Waals surface area contributed by atoms with Gasteiger partial charge in [-0.3, -0.25) is 9.78 Å². The topological polar surface area (TPSA) is 66.9 Å². The number of anilines is 1. The standard InChI is InChI=1S/C16H20N4O/c1-12(2)9-18-14-3-4-15(19-11-14)16(21)20-10-13-5-7-17-8-6-13/h3-8,11-12,18H,9-10H2,1-2H3,(H,20,21). The molecule has 0 aliphatic rings. The van der Waals surface area contributed by atoms with Crippen LogP contribution in [0.3, 0.4) is 0 Å². The Labute approximate surface area is 124 Å². The Hall–Kier alpha value is -2.43. The van der Waals surface area contributed by atoms with Crippen LogP contribution in [0.15, 0.2) is 42.9 Å². The van der Waals surface area contributed by atoms with E-state index >= 15 is 0 Å². The molecule has 0 spiro atoms. The largest absolute Gasteiger partial charge is 0.384 e. The number of nitrogens with one attached hydrogen (secondary N) is 2. The lowest BCUT2D eigenvalue weighted by Gasteiger charge is -2.09. The van der Waals surface area contributed by atoms with E-state index in [0.29, 0.717) is 18.2 Å². The number of hydrogen-bond donors (Lipinski definition) is 2. The van der Waals surface area contributed by atoms with E-state index in [0.717, 1.165) is 17.8 Å². The predicted octanol–water partition coefficient (Wildman–Crippen LogP) is 2.47. The summed E-state index contributed by atoms with van der Waals surface area (Å²) in [7, 11) is 0. The first kappa shape index (κ1) is 15.0. The molecule has 5 nitrogen and oxygen atoms in total. The molecular formula is C16H20N4O. The molecule has 0 bridgehead atoms. The molecule has 2 rings (SSSR count). The van der Waals surface area contributed by atoms with E-state index in [2.05, 4.69) is 34.4 Å². The molecule has 0 saturated carbocycles. The molecule has 0 unspecified atom stereocenters. The van der Waals surface area contributed by atoms with Crippen molar-refractivity contribution in [2.24, 2.45) is 5.92 Å². The Bertz CT molecular complexity index is 567. The van der Waals surface area contributed by atoms with Crippen molar-refractivity contribution in [2.45, 2.75) is 20.4 Å². The van der Waals surface area contributed by atoms with Gasteiger partial charge in [-0.1, -0.05) is 13.8 Å². The van der Waals surface area contributed by atoms with Gasteiger partial charge >= 0.3 is 0 Å². The maximum absolute atomic E-state index is 12.0. The number of carbonyl (C=O) groups is 1. The molecular weight excluding hydrogens is 264 g/mol. The van der Waals surface area contributed by atoms with E-state index in [-0.39, 0.29) is 5.91 Å². The van der Waals surface area contributed by atoms with Gasteiger partial charge in [0, 0.05) is 25.5 Å². The summed E-state index contributed by atoms with van der Waals surface area (Å²) in [4.78, 5) is 20.1. The predicted molar refractivity (Wildman–Crippen MR) is 83.0 cm³/mol. The van der Waals surface area contributed by atoms with Gasteiger partial charge in [-0.2, -0.15) is 0 Å². The maximum Gasteiger partial charge on any atom is 0.270 e. The number of aromatic nitrogens is 2. The first-order valence-electron chi connectivity index (χ1n) is 7.02. The molecule has 110 valence electrons. The molecule has 0 radical (unpaired) electrons. The van der Waals surface area contributed by atoms with Crippen LogP contribution in [0.4, 0.5) is 5.69 Å². The second kappa shape index (κ2) is 7.38. The van der Waals surface area contributed by atoms with Crippen molar-refractivity contribution in [2.75, 3.05) is 11.9 Å². The molecule has 21 heavy (non-hydrogen) atoms. The quantitative estimate of drug-likeness (QED) is 0.855. The maximum atomic E-state index is 12.0. The minimum absolute atomic E-state index is 0.178. The molecule has 2 heterocycles.